The van der Waals surface area contributed by atoms with Crippen LogP contribution in [0.15, 0.2) is 41.8 Å². The highest BCUT2D eigenvalue weighted by molar-refractivity contribution is 7.16. The molecule has 0 bridgehead atoms. The fourth-order valence-electron chi connectivity index (χ4n) is 1.71. The zero-order chi connectivity index (χ0) is 15.6. The third-order valence-corrected chi connectivity index (χ3v) is 3.40. The van der Waals surface area contributed by atoms with E-state index in [1.165, 1.54) is 11.3 Å². The summed E-state index contributed by atoms with van der Waals surface area (Å²) in [6.45, 7) is -1.42. The van der Waals surface area contributed by atoms with Crippen LogP contribution in [0.1, 0.15) is 0 Å². The zero-order valence-electron chi connectivity index (χ0n) is 11.0. The van der Waals surface area contributed by atoms with Crippen LogP contribution >= 0.6 is 11.3 Å². The molecule has 0 saturated carbocycles. The molecular formula is C14H9F3N2O2S. The van der Waals surface area contributed by atoms with Gasteiger partial charge in [-0.3, -0.25) is 0 Å². The fraction of sp³-hybridized carbons (Fsp3) is 0.143. The van der Waals surface area contributed by atoms with Gasteiger partial charge in [-0.15, -0.1) is 11.3 Å². The lowest BCUT2D eigenvalue weighted by Crippen LogP contribution is -2.19. The molecule has 22 heavy (non-hydrogen) atoms. The summed E-state index contributed by atoms with van der Waals surface area (Å²) >= 11 is 1.27. The number of para-hydroxylation sites is 1. The lowest BCUT2D eigenvalue weighted by Gasteiger charge is -2.10. The van der Waals surface area contributed by atoms with Crippen molar-refractivity contribution < 1.29 is 22.6 Å². The Bertz CT molecular complexity index is 775. The summed E-state index contributed by atoms with van der Waals surface area (Å²) < 4.78 is 47.2. The van der Waals surface area contributed by atoms with Crippen molar-refractivity contribution in [2.45, 2.75) is 6.18 Å². The van der Waals surface area contributed by atoms with E-state index in [-0.39, 0.29) is 11.9 Å². The van der Waals surface area contributed by atoms with E-state index in [2.05, 4.69) is 9.97 Å². The first-order valence-corrected chi connectivity index (χ1v) is 7.07. The Morgan fingerprint density at radius 3 is 2.55 bits per heavy atom. The van der Waals surface area contributed by atoms with Crippen LogP contribution in [-0.4, -0.2) is 22.8 Å². The Kier molecular flexibility index (Phi) is 3.84. The summed E-state index contributed by atoms with van der Waals surface area (Å²) in [5.74, 6) is 0.342. The highest BCUT2D eigenvalue weighted by Crippen LogP contribution is 2.31. The van der Waals surface area contributed by atoms with Crippen molar-refractivity contribution in [1.29, 1.82) is 0 Å². The molecule has 0 N–H and O–H groups in total. The molecule has 1 aromatic carbocycles. The maximum Gasteiger partial charge on any atom is 0.422 e. The summed E-state index contributed by atoms with van der Waals surface area (Å²) in [4.78, 5) is 8.58. The molecular weight excluding hydrogens is 317 g/mol. The van der Waals surface area contributed by atoms with Gasteiger partial charge in [0.2, 0.25) is 5.88 Å². The summed E-state index contributed by atoms with van der Waals surface area (Å²) in [7, 11) is 0. The smallest absolute Gasteiger partial charge is 0.422 e. The van der Waals surface area contributed by atoms with Crippen LogP contribution in [0.3, 0.4) is 0 Å². The van der Waals surface area contributed by atoms with Crippen LogP contribution in [0.4, 0.5) is 13.2 Å². The number of benzene rings is 1. The SMILES string of the molecule is FC(F)(F)COc1nc(Oc2ccccc2)nc2sccc12. The van der Waals surface area contributed by atoms with Crippen molar-refractivity contribution in [2.75, 3.05) is 6.61 Å². The predicted molar refractivity (Wildman–Crippen MR) is 75.5 cm³/mol. The van der Waals surface area contributed by atoms with Gasteiger partial charge in [0.15, 0.2) is 6.61 Å². The minimum absolute atomic E-state index is 0.0571. The van der Waals surface area contributed by atoms with Crippen molar-refractivity contribution >= 4 is 21.6 Å². The van der Waals surface area contributed by atoms with E-state index < -0.39 is 12.8 Å². The van der Waals surface area contributed by atoms with Crippen LogP contribution < -0.4 is 9.47 Å². The van der Waals surface area contributed by atoms with Crippen molar-refractivity contribution in [3.63, 3.8) is 0 Å². The lowest BCUT2D eigenvalue weighted by molar-refractivity contribution is -0.153. The predicted octanol–water partition coefficient (Wildman–Crippen LogP) is 4.42. The molecule has 0 fully saturated rings. The maximum absolute atomic E-state index is 12.3. The number of thiophene rings is 1. The molecule has 0 atom stereocenters. The first kappa shape index (κ1) is 14.6. The third-order valence-electron chi connectivity index (χ3n) is 2.59. The number of rotatable bonds is 4. The molecule has 3 rings (SSSR count). The molecule has 3 aromatic rings. The minimum atomic E-state index is -4.44. The fourth-order valence-corrected chi connectivity index (χ4v) is 2.46. The Labute approximate surface area is 127 Å². The number of ether oxygens (including phenoxy) is 2. The van der Waals surface area contributed by atoms with Gasteiger partial charge in [-0.1, -0.05) is 18.2 Å². The standard InChI is InChI=1S/C14H9F3N2O2S/c15-14(16,17)8-20-11-10-6-7-22-12(10)19-13(18-11)21-9-4-2-1-3-5-9/h1-7H,8H2. The molecule has 4 nitrogen and oxygen atoms in total. The second-order valence-electron chi connectivity index (χ2n) is 4.27. The van der Waals surface area contributed by atoms with E-state index in [9.17, 15) is 13.2 Å². The summed E-state index contributed by atoms with van der Waals surface area (Å²) in [5.41, 5.74) is 0. The lowest BCUT2D eigenvalue weighted by atomic mass is 10.3. The highest BCUT2D eigenvalue weighted by atomic mass is 32.1. The van der Waals surface area contributed by atoms with E-state index >= 15 is 0 Å². The average molecular weight is 326 g/mol. The van der Waals surface area contributed by atoms with Gasteiger partial charge in [0.05, 0.1) is 5.39 Å². The van der Waals surface area contributed by atoms with E-state index in [0.717, 1.165) is 0 Å². The van der Waals surface area contributed by atoms with Crippen LogP contribution in [0.5, 0.6) is 17.6 Å². The highest BCUT2D eigenvalue weighted by Gasteiger charge is 2.29. The van der Waals surface area contributed by atoms with Crippen LogP contribution in [0, 0.1) is 0 Å². The van der Waals surface area contributed by atoms with E-state index in [0.29, 0.717) is 16.0 Å². The van der Waals surface area contributed by atoms with Gasteiger partial charge in [0.25, 0.3) is 0 Å². The number of hydrogen-bond donors (Lipinski definition) is 0. The Morgan fingerprint density at radius 1 is 1.05 bits per heavy atom. The summed E-state index contributed by atoms with van der Waals surface area (Å²) in [6, 6.07) is 10.3. The van der Waals surface area contributed by atoms with Gasteiger partial charge >= 0.3 is 12.2 Å². The second kappa shape index (κ2) is 5.80. The van der Waals surface area contributed by atoms with Crippen molar-refractivity contribution in [2.24, 2.45) is 0 Å². The van der Waals surface area contributed by atoms with Crippen LogP contribution in [0.2, 0.25) is 0 Å². The second-order valence-corrected chi connectivity index (χ2v) is 5.16. The number of alkyl halides is 3. The molecule has 0 spiro atoms. The normalized spacial score (nSPS) is 11.6. The Morgan fingerprint density at radius 2 is 1.82 bits per heavy atom. The van der Waals surface area contributed by atoms with Crippen molar-refractivity contribution in [1.82, 2.24) is 9.97 Å². The molecule has 0 saturated heterocycles. The number of hydrogen-bond acceptors (Lipinski definition) is 5. The van der Waals surface area contributed by atoms with E-state index in [1.54, 1.807) is 35.7 Å². The quantitative estimate of drug-likeness (QED) is 0.712. The molecule has 0 aliphatic heterocycles. The number of aromatic nitrogens is 2. The van der Waals surface area contributed by atoms with Gasteiger partial charge in [0.1, 0.15) is 10.6 Å². The number of nitrogens with zero attached hydrogens (tertiary/aromatic N) is 2. The first-order valence-electron chi connectivity index (χ1n) is 6.19. The first-order chi connectivity index (χ1) is 10.5. The molecule has 0 radical (unpaired) electrons. The van der Waals surface area contributed by atoms with Gasteiger partial charge in [0, 0.05) is 0 Å². The van der Waals surface area contributed by atoms with Gasteiger partial charge in [-0.25, -0.2) is 0 Å². The van der Waals surface area contributed by atoms with E-state index in [4.69, 9.17) is 9.47 Å². The van der Waals surface area contributed by atoms with Crippen molar-refractivity contribution in [3.8, 4) is 17.6 Å². The Hall–Kier alpha value is -2.35. The molecule has 0 aliphatic carbocycles. The summed E-state index contributed by atoms with van der Waals surface area (Å²) in [6.07, 6.45) is -4.44. The van der Waals surface area contributed by atoms with Gasteiger partial charge in [-0.2, -0.15) is 23.1 Å². The molecule has 0 amide bonds. The van der Waals surface area contributed by atoms with Crippen LogP contribution in [-0.2, 0) is 0 Å². The summed E-state index contributed by atoms with van der Waals surface area (Å²) in [5, 5.41) is 2.13. The van der Waals surface area contributed by atoms with Crippen molar-refractivity contribution in [3.05, 3.63) is 41.8 Å². The van der Waals surface area contributed by atoms with E-state index in [1.807, 2.05) is 6.07 Å². The molecule has 8 heteroatoms. The average Bonchev–Trinajstić information content (AvgIpc) is 2.93. The number of fused-ring (bicyclic) bond motifs is 1. The topological polar surface area (TPSA) is 44.2 Å². The van der Waals surface area contributed by atoms with Gasteiger partial charge < -0.3 is 9.47 Å². The van der Waals surface area contributed by atoms with Crippen LogP contribution in [0.25, 0.3) is 10.2 Å². The number of halogens is 3. The van der Waals surface area contributed by atoms with Gasteiger partial charge in [-0.05, 0) is 23.6 Å². The molecule has 2 heterocycles. The molecule has 2 aromatic heterocycles. The Balaban J connectivity index is 1.91. The third kappa shape index (κ3) is 3.45. The monoisotopic (exact) mass is 326 g/mol. The molecule has 0 unspecified atom stereocenters. The molecule has 0 aliphatic rings. The maximum atomic E-state index is 12.3. The molecule has 114 valence electrons. The largest absolute Gasteiger partial charge is 0.467 e. The zero-order valence-corrected chi connectivity index (χ0v) is 11.8. The minimum Gasteiger partial charge on any atom is -0.467 e.